The summed E-state index contributed by atoms with van der Waals surface area (Å²) < 4.78 is 2.14. The molecule has 0 bridgehead atoms. The van der Waals surface area contributed by atoms with Gasteiger partial charge in [0.15, 0.2) is 11.5 Å². The van der Waals surface area contributed by atoms with Gasteiger partial charge in [-0.25, -0.2) is 9.97 Å². The number of aromatic nitrogens is 7. The van der Waals surface area contributed by atoms with Crippen molar-refractivity contribution < 1.29 is 0 Å². The molecule has 0 radical (unpaired) electrons. The molecule has 0 amide bonds. The van der Waals surface area contributed by atoms with Gasteiger partial charge >= 0.3 is 0 Å². The molecule has 0 spiro atoms. The highest BCUT2D eigenvalue weighted by atomic mass is 35.5. The first-order valence-corrected chi connectivity index (χ1v) is 9.54. The summed E-state index contributed by atoms with van der Waals surface area (Å²) in [6, 6.07) is 2.15. The standard InChI is InChI=1S/C15H19ClN8.C2H6/c1-3-17-11-7-12(16)19-15-13(11)18-8-24(15)10-5-4-9(6-10)14-20-22-23(2)21-14;1-2/h7-10H,3-6H2,1-2H3,(H,17,19);1-2H3/t9-,10+;/m1./s1. The van der Waals surface area contributed by atoms with Crippen LogP contribution in [0, 0.1) is 0 Å². The molecule has 0 aromatic carbocycles. The van der Waals surface area contributed by atoms with Gasteiger partial charge in [-0.05, 0) is 31.4 Å². The lowest BCUT2D eigenvalue weighted by atomic mass is 10.1. The molecule has 2 atom stereocenters. The fourth-order valence-electron chi connectivity index (χ4n) is 3.48. The van der Waals surface area contributed by atoms with Gasteiger partial charge in [-0.15, -0.1) is 10.2 Å². The van der Waals surface area contributed by atoms with Crippen molar-refractivity contribution in [1.29, 1.82) is 0 Å². The van der Waals surface area contributed by atoms with E-state index in [9.17, 15) is 0 Å². The summed E-state index contributed by atoms with van der Waals surface area (Å²) >= 11 is 6.20. The van der Waals surface area contributed by atoms with Crippen LogP contribution in [-0.2, 0) is 7.05 Å². The van der Waals surface area contributed by atoms with Crippen LogP contribution >= 0.6 is 11.6 Å². The molecular formula is C17H25ClN8. The third-order valence-electron chi connectivity index (χ3n) is 4.55. The summed E-state index contributed by atoms with van der Waals surface area (Å²) in [6.45, 7) is 6.86. The first-order chi connectivity index (χ1) is 12.7. The van der Waals surface area contributed by atoms with Crippen molar-refractivity contribution >= 4 is 28.5 Å². The molecule has 0 unspecified atom stereocenters. The highest BCUT2D eigenvalue weighted by Crippen LogP contribution is 2.41. The average Bonchev–Trinajstić information content (AvgIpc) is 3.35. The number of hydrogen-bond acceptors (Lipinski definition) is 6. The van der Waals surface area contributed by atoms with E-state index >= 15 is 0 Å². The summed E-state index contributed by atoms with van der Waals surface area (Å²) in [7, 11) is 1.79. The molecule has 0 aliphatic heterocycles. The number of fused-ring (bicyclic) bond motifs is 1. The number of nitrogens with zero attached hydrogens (tertiary/aromatic N) is 7. The van der Waals surface area contributed by atoms with Crippen molar-refractivity contribution in [2.45, 2.75) is 52.0 Å². The zero-order valence-corrected chi connectivity index (χ0v) is 16.4. The Morgan fingerprint density at radius 1 is 1.31 bits per heavy atom. The molecule has 3 aromatic heterocycles. The van der Waals surface area contributed by atoms with Gasteiger partial charge in [0.2, 0.25) is 0 Å². The van der Waals surface area contributed by atoms with Crippen molar-refractivity contribution in [1.82, 2.24) is 34.7 Å². The normalized spacial score (nSPS) is 19.4. The number of imidazole rings is 1. The number of hydrogen-bond donors (Lipinski definition) is 1. The second kappa shape index (κ2) is 7.99. The van der Waals surface area contributed by atoms with Crippen molar-refractivity contribution in [2.75, 3.05) is 11.9 Å². The van der Waals surface area contributed by atoms with Crippen LogP contribution in [0.4, 0.5) is 5.69 Å². The molecule has 1 saturated carbocycles. The average molecular weight is 377 g/mol. The molecule has 1 fully saturated rings. The van der Waals surface area contributed by atoms with E-state index in [1.54, 1.807) is 7.05 Å². The molecule has 4 rings (SSSR count). The minimum absolute atomic E-state index is 0.323. The molecule has 3 aromatic rings. The maximum Gasteiger partial charge on any atom is 0.177 e. The van der Waals surface area contributed by atoms with Crippen molar-refractivity contribution in [3.05, 3.63) is 23.4 Å². The molecule has 26 heavy (non-hydrogen) atoms. The fraction of sp³-hybridized carbons (Fsp3) is 0.588. The molecule has 1 aliphatic rings. The zero-order chi connectivity index (χ0) is 18.7. The van der Waals surface area contributed by atoms with Crippen LogP contribution in [0.1, 0.15) is 57.8 Å². The largest absolute Gasteiger partial charge is 0.383 e. The van der Waals surface area contributed by atoms with Crippen LogP contribution in [-0.4, -0.2) is 41.3 Å². The van der Waals surface area contributed by atoms with Gasteiger partial charge in [-0.3, -0.25) is 0 Å². The Bertz CT molecular complexity index is 871. The molecular weight excluding hydrogens is 352 g/mol. The van der Waals surface area contributed by atoms with Gasteiger partial charge < -0.3 is 9.88 Å². The predicted molar refractivity (Wildman–Crippen MR) is 102 cm³/mol. The van der Waals surface area contributed by atoms with E-state index in [0.717, 1.165) is 48.5 Å². The number of rotatable bonds is 4. The number of pyridine rings is 1. The van der Waals surface area contributed by atoms with E-state index in [-0.39, 0.29) is 0 Å². The summed E-state index contributed by atoms with van der Waals surface area (Å²) in [5.41, 5.74) is 2.62. The molecule has 1 aliphatic carbocycles. The first-order valence-electron chi connectivity index (χ1n) is 9.16. The summed E-state index contributed by atoms with van der Waals surface area (Å²) in [5.74, 6) is 1.15. The first kappa shape index (κ1) is 18.6. The summed E-state index contributed by atoms with van der Waals surface area (Å²) in [4.78, 5) is 10.6. The SMILES string of the molecule is CC.CCNc1cc(Cl)nc2c1ncn2[C@H]1CC[C@@H](c2nnn(C)n2)C1. The number of aryl methyl sites for hydroxylation is 1. The van der Waals surface area contributed by atoms with E-state index in [1.807, 2.05) is 33.2 Å². The van der Waals surface area contributed by atoms with Crippen LogP contribution in [0.15, 0.2) is 12.4 Å². The smallest absolute Gasteiger partial charge is 0.177 e. The Kier molecular flexibility index (Phi) is 5.70. The highest BCUT2D eigenvalue weighted by molar-refractivity contribution is 6.30. The van der Waals surface area contributed by atoms with Gasteiger partial charge in [0.05, 0.1) is 19.1 Å². The minimum atomic E-state index is 0.323. The lowest BCUT2D eigenvalue weighted by Crippen LogP contribution is -2.06. The van der Waals surface area contributed by atoms with E-state index in [0.29, 0.717) is 17.1 Å². The van der Waals surface area contributed by atoms with Gasteiger partial charge in [0.25, 0.3) is 0 Å². The number of tetrazole rings is 1. The van der Waals surface area contributed by atoms with Crippen molar-refractivity contribution in [3.63, 3.8) is 0 Å². The lowest BCUT2D eigenvalue weighted by Gasteiger charge is -2.13. The van der Waals surface area contributed by atoms with E-state index in [4.69, 9.17) is 11.6 Å². The van der Waals surface area contributed by atoms with E-state index in [1.165, 1.54) is 4.80 Å². The number of anilines is 1. The van der Waals surface area contributed by atoms with Gasteiger partial charge in [-0.2, -0.15) is 4.80 Å². The predicted octanol–water partition coefficient (Wildman–Crippen LogP) is 3.58. The Labute approximate surface area is 158 Å². The Balaban J connectivity index is 0.000000948. The summed E-state index contributed by atoms with van der Waals surface area (Å²) in [5, 5.41) is 16.2. The Morgan fingerprint density at radius 2 is 2.12 bits per heavy atom. The number of halogens is 1. The third kappa shape index (κ3) is 3.51. The second-order valence-corrected chi connectivity index (χ2v) is 6.54. The van der Waals surface area contributed by atoms with Crippen LogP contribution in [0.5, 0.6) is 0 Å². The van der Waals surface area contributed by atoms with E-state index in [2.05, 4.69) is 35.3 Å². The number of nitrogens with one attached hydrogen (secondary N) is 1. The third-order valence-corrected chi connectivity index (χ3v) is 4.75. The maximum absolute atomic E-state index is 6.20. The molecule has 1 N–H and O–H groups in total. The Morgan fingerprint density at radius 3 is 2.81 bits per heavy atom. The molecule has 8 nitrogen and oxygen atoms in total. The quantitative estimate of drug-likeness (QED) is 0.700. The maximum atomic E-state index is 6.20. The van der Waals surface area contributed by atoms with E-state index < -0.39 is 0 Å². The topological polar surface area (TPSA) is 86.3 Å². The molecule has 0 saturated heterocycles. The monoisotopic (exact) mass is 376 g/mol. The lowest BCUT2D eigenvalue weighted by molar-refractivity contribution is 0.515. The Hall–Kier alpha value is -2.22. The van der Waals surface area contributed by atoms with Crippen molar-refractivity contribution in [3.8, 4) is 0 Å². The van der Waals surface area contributed by atoms with Crippen LogP contribution in [0.3, 0.4) is 0 Å². The molecule has 140 valence electrons. The van der Waals surface area contributed by atoms with Crippen molar-refractivity contribution in [2.24, 2.45) is 7.05 Å². The van der Waals surface area contributed by atoms with Crippen LogP contribution in [0.25, 0.3) is 11.2 Å². The van der Waals surface area contributed by atoms with Gasteiger partial charge in [0.1, 0.15) is 10.7 Å². The van der Waals surface area contributed by atoms with Gasteiger partial charge in [-0.1, -0.05) is 25.4 Å². The second-order valence-electron chi connectivity index (χ2n) is 6.15. The van der Waals surface area contributed by atoms with Crippen LogP contribution in [0.2, 0.25) is 5.15 Å². The fourth-order valence-corrected chi connectivity index (χ4v) is 3.66. The zero-order valence-electron chi connectivity index (χ0n) is 15.6. The highest BCUT2D eigenvalue weighted by Gasteiger charge is 2.31. The molecule has 3 heterocycles. The minimum Gasteiger partial charge on any atom is -0.383 e. The van der Waals surface area contributed by atoms with Crippen LogP contribution < -0.4 is 5.32 Å². The van der Waals surface area contributed by atoms with Gasteiger partial charge in [0, 0.05) is 24.6 Å². The molecule has 9 heteroatoms. The summed E-state index contributed by atoms with van der Waals surface area (Å²) in [6.07, 6.45) is 4.91.